The van der Waals surface area contributed by atoms with Crippen LogP contribution in [0.2, 0.25) is 0 Å². The van der Waals surface area contributed by atoms with Gasteiger partial charge in [-0.25, -0.2) is 0 Å². The molecule has 1 saturated heterocycles. The zero-order valence-electron chi connectivity index (χ0n) is 11.3. The molecule has 0 aliphatic carbocycles. The van der Waals surface area contributed by atoms with Crippen molar-refractivity contribution in [3.05, 3.63) is 33.4 Å². The highest BCUT2D eigenvalue weighted by molar-refractivity contribution is 14.1. The summed E-state index contributed by atoms with van der Waals surface area (Å²) in [6, 6.07) is 7.75. The van der Waals surface area contributed by atoms with Crippen LogP contribution >= 0.6 is 22.6 Å². The van der Waals surface area contributed by atoms with Crippen molar-refractivity contribution in [3.8, 4) is 0 Å². The first-order valence-corrected chi connectivity index (χ1v) is 7.84. The lowest BCUT2D eigenvalue weighted by Gasteiger charge is -2.25. The zero-order valence-corrected chi connectivity index (χ0v) is 13.4. The topological polar surface area (TPSA) is 29.5 Å². The van der Waals surface area contributed by atoms with Crippen molar-refractivity contribution in [3.63, 3.8) is 0 Å². The van der Waals surface area contributed by atoms with Gasteiger partial charge in [0.1, 0.15) is 0 Å². The average Bonchev–Trinajstić information content (AvgIpc) is 2.45. The summed E-state index contributed by atoms with van der Waals surface area (Å²) in [5, 5.41) is 0. The fourth-order valence-electron chi connectivity index (χ4n) is 2.35. The summed E-state index contributed by atoms with van der Waals surface area (Å²) in [7, 11) is 1.89. The second-order valence-electron chi connectivity index (χ2n) is 5.05. The molecule has 0 bridgehead atoms. The van der Waals surface area contributed by atoms with Crippen LogP contribution in [0.25, 0.3) is 0 Å². The Morgan fingerprint density at radius 2 is 2.05 bits per heavy atom. The lowest BCUT2D eigenvalue weighted by atomic mass is 9.96. The van der Waals surface area contributed by atoms with Crippen LogP contribution in [0, 0.1) is 9.49 Å². The van der Waals surface area contributed by atoms with Crippen LogP contribution in [0.3, 0.4) is 0 Å². The Morgan fingerprint density at radius 3 is 2.74 bits per heavy atom. The van der Waals surface area contributed by atoms with Crippen LogP contribution < -0.4 is 0 Å². The maximum atomic E-state index is 12.3. The van der Waals surface area contributed by atoms with E-state index in [9.17, 15) is 4.79 Å². The normalized spacial score (nSPS) is 16.3. The van der Waals surface area contributed by atoms with E-state index in [0.717, 1.165) is 48.2 Å². The van der Waals surface area contributed by atoms with Crippen molar-refractivity contribution in [2.24, 2.45) is 5.92 Å². The van der Waals surface area contributed by atoms with Gasteiger partial charge in [0.2, 0.25) is 0 Å². The van der Waals surface area contributed by atoms with Crippen LogP contribution in [0.4, 0.5) is 0 Å². The Morgan fingerprint density at radius 1 is 1.37 bits per heavy atom. The number of hydrogen-bond donors (Lipinski definition) is 0. The van der Waals surface area contributed by atoms with Crippen LogP contribution in [-0.2, 0) is 4.74 Å². The summed E-state index contributed by atoms with van der Waals surface area (Å²) >= 11 is 2.22. The van der Waals surface area contributed by atoms with E-state index in [2.05, 4.69) is 22.6 Å². The molecule has 0 atom stereocenters. The quantitative estimate of drug-likeness (QED) is 0.759. The molecular weight excluding hydrogens is 353 g/mol. The van der Waals surface area contributed by atoms with E-state index in [-0.39, 0.29) is 5.91 Å². The fraction of sp³-hybridized carbons (Fsp3) is 0.533. The van der Waals surface area contributed by atoms with Crippen LogP contribution in [0.15, 0.2) is 24.3 Å². The van der Waals surface area contributed by atoms with E-state index in [1.165, 1.54) is 0 Å². The highest BCUT2D eigenvalue weighted by atomic mass is 127. The standard InChI is InChI=1S/C15H20INO2/c1-17(9-6-12-7-10-19-11-8-12)15(18)13-4-2-3-5-14(13)16/h2-5,12H,6-11H2,1H3. The van der Waals surface area contributed by atoms with E-state index in [0.29, 0.717) is 5.92 Å². The Labute approximate surface area is 128 Å². The van der Waals surface area contributed by atoms with Gasteiger partial charge in [-0.05, 0) is 59.9 Å². The molecule has 4 heteroatoms. The first-order valence-electron chi connectivity index (χ1n) is 6.76. The number of halogens is 1. The molecule has 0 aromatic heterocycles. The molecule has 0 N–H and O–H groups in total. The second-order valence-corrected chi connectivity index (χ2v) is 6.21. The SMILES string of the molecule is CN(CCC1CCOCC1)C(=O)c1ccccc1I. The first-order chi connectivity index (χ1) is 9.18. The minimum Gasteiger partial charge on any atom is -0.381 e. The largest absolute Gasteiger partial charge is 0.381 e. The van der Waals surface area contributed by atoms with Crippen LogP contribution in [-0.4, -0.2) is 37.6 Å². The van der Waals surface area contributed by atoms with Crippen LogP contribution in [0.5, 0.6) is 0 Å². The molecule has 1 aromatic carbocycles. The minimum absolute atomic E-state index is 0.122. The molecule has 3 nitrogen and oxygen atoms in total. The molecule has 2 rings (SSSR count). The molecule has 1 amide bonds. The Hall–Kier alpha value is -0.620. The van der Waals surface area contributed by atoms with Gasteiger partial charge in [-0.15, -0.1) is 0 Å². The predicted molar refractivity (Wildman–Crippen MR) is 84.3 cm³/mol. The number of benzene rings is 1. The molecular formula is C15H20INO2. The number of ether oxygens (including phenoxy) is 1. The summed E-state index contributed by atoms with van der Waals surface area (Å²) in [4.78, 5) is 14.2. The van der Waals surface area contributed by atoms with Crippen molar-refractivity contribution in [2.75, 3.05) is 26.8 Å². The van der Waals surface area contributed by atoms with Crippen molar-refractivity contribution in [1.82, 2.24) is 4.90 Å². The molecule has 104 valence electrons. The third-order valence-electron chi connectivity index (χ3n) is 3.66. The van der Waals surface area contributed by atoms with Crippen molar-refractivity contribution in [2.45, 2.75) is 19.3 Å². The molecule has 1 aliphatic rings. The van der Waals surface area contributed by atoms with Crippen LogP contribution in [0.1, 0.15) is 29.6 Å². The Bertz CT molecular complexity index is 430. The Kier molecular flexibility index (Phi) is 5.63. The molecule has 0 spiro atoms. The second kappa shape index (κ2) is 7.24. The fourth-order valence-corrected chi connectivity index (χ4v) is 2.97. The smallest absolute Gasteiger partial charge is 0.254 e. The van der Waals surface area contributed by atoms with E-state index >= 15 is 0 Å². The molecule has 0 unspecified atom stereocenters. The van der Waals surface area contributed by atoms with Crippen molar-refractivity contribution >= 4 is 28.5 Å². The summed E-state index contributed by atoms with van der Waals surface area (Å²) in [5.74, 6) is 0.830. The maximum Gasteiger partial charge on any atom is 0.254 e. The number of carbonyl (C=O) groups excluding carboxylic acids is 1. The summed E-state index contributed by atoms with van der Waals surface area (Å²) < 4.78 is 6.37. The van der Waals surface area contributed by atoms with E-state index in [4.69, 9.17) is 4.74 Å². The van der Waals surface area contributed by atoms with Gasteiger partial charge in [0, 0.05) is 30.4 Å². The molecule has 1 aliphatic heterocycles. The van der Waals surface area contributed by atoms with Gasteiger partial charge in [-0.2, -0.15) is 0 Å². The van der Waals surface area contributed by atoms with Gasteiger partial charge in [0.15, 0.2) is 0 Å². The first kappa shape index (κ1) is 14.8. The average molecular weight is 373 g/mol. The van der Waals surface area contributed by atoms with Gasteiger partial charge in [0.25, 0.3) is 5.91 Å². The molecule has 0 radical (unpaired) electrons. The monoisotopic (exact) mass is 373 g/mol. The zero-order chi connectivity index (χ0) is 13.7. The van der Waals surface area contributed by atoms with E-state index in [1.54, 1.807) is 0 Å². The molecule has 19 heavy (non-hydrogen) atoms. The molecule has 1 heterocycles. The van der Waals surface area contributed by atoms with E-state index in [1.807, 2.05) is 36.2 Å². The Balaban J connectivity index is 1.87. The number of rotatable bonds is 4. The number of nitrogens with zero attached hydrogens (tertiary/aromatic N) is 1. The number of hydrogen-bond acceptors (Lipinski definition) is 2. The predicted octanol–water partition coefficient (Wildman–Crippen LogP) is 3.18. The molecule has 0 saturated carbocycles. The summed E-state index contributed by atoms with van der Waals surface area (Å²) in [5.41, 5.74) is 0.803. The number of carbonyl (C=O) groups is 1. The summed E-state index contributed by atoms with van der Waals surface area (Å²) in [6.45, 7) is 2.58. The van der Waals surface area contributed by atoms with Crippen molar-refractivity contribution in [1.29, 1.82) is 0 Å². The van der Waals surface area contributed by atoms with Gasteiger partial charge >= 0.3 is 0 Å². The number of amides is 1. The third kappa shape index (κ3) is 4.18. The maximum absolute atomic E-state index is 12.3. The molecule has 1 fully saturated rings. The van der Waals surface area contributed by atoms with Gasteiger partial charge in [-0.1, -0.05) is 12.1 Å². The summed E-state index contributed by atoms with van der Waals surface area (Å²) in [6.07, 6.45) is 3.34. The van der Waals surface area contributed by atoms with Gasteiger partial charge in [-0.3, -0.25) is 4.79 Å². The minimum atomic E-state index is 0.122. The highest BCUT2D eigenvalue weighted by Crippen LogP contribution is 2.19. The lowest BCUT2D eigenvalue weighted by molar-refractivity contribution is 0.0583. The highest BCUT2D eigenvalue weighted by Gasteiger charge is 2.18. The van der Waals surface area contributed by atoms with E-state index < -0.39 is 0 Å². The molecule has 1 aromatic rings. The third-order valence-corrected chi connectivity index (χ3v) is 4.61. The van der Waals surface area contributed by atoms with Gasteiger partial charge in [0.05, 0.1) is 5.56 Å². The lowest BCUT2D eigenvalue weighted by Crippen LogP contribution is -2.30. The van der Waals surface area contributed by atoms with Gasteiger partial charge < -0.3 is 9.64 Å². The van der Waals surface area contributed by atoms with Crippen molar-refractivity contribution < 1.29 is 9.53 Å².